The maximum atomic E-state index is 9.60. The highest BCUT2D eigenvalue weighted by Crippen LogP contribution is 2.26. The quantitative estimate of drug-likeness (QED) is 0.896. The summed E-state index contributed by atoms with van der Waals surface area (Å²) in [6, 6.07) is 8.71. The molecule has 1 saturated heterocycles. The van der Waals surface area contributed by atoms with Crippen LogP contribution in [0.3, 0.4) is 0 Å². The smallest absolute Gasteiger partial charge is 0.119 e. The molecule has 2 atom stereocenters. The first kappa shape index (κ1) is 14.2. The van der Waals surface area contributed by atoms with E-state index in [0.717, 1.165) is 24.5 Å². The van der Waals surface area contributed by atoms with Crippen molar-refractivity contribution in [1.82, 2.24) is 4.90 Å². The van der Waals surface area contributed by atoms with E-state index in [1.165, 1.54) is 0 Å². The van der Waals surface area contributed by atoms with Crippen LogP contribution in [0.1, 0.15) is 13.8 Å². The van der Waals surface area contributed by atoms with Crippen molar-refractivity contribution in [2.75, 3.05) is 38.3 Å². The van der Waals surface area contributed by atoms with Crippen molar-refractivity contribution in [3.8, 4) is 5.75 Å². The van der Waals surface area contributed by atoms with E-state index in [0.29, 0.717) is 12.6 Å². The van der Waals surface area contributed by atoms with Gasteiger partial charge in [-0.1, -0.05) is 0 Å². The first-order chi connectivity index (χ1) is 9.15. The molecular formula is C15H24N2O2. The predicted octanol–water partition coefficient (Wildman–Crippen LogP) is 1.59. The molecule has 4 nitrogen and oxygen atoms in total. The van der Waals surface area contributed by atoms with Gasteiger partial charge in [0.1, 0.15) is 5.75 Å². The molecular weight excluding hydrogens is 240 g/mol. The first-order valence-electron chi connectivity index (χ1n) is 6.96. The molecule has 1 fully saturated rings. The molecule has 0 aromatic heterocycles. The van der Waals surface area contributed by atoms with Crippen molar-refractivity contribution >= 4 is 5.69 Å². The van der Waals surface area contributed by atoms with Gasteiger partial charge < -0.3 is 19.6 Å². The van der Waals surface area contributed by atoms with Gasteiger partial charge in [-0.05, 0) is 45.2 Å². The Hall–Kier alpha value is -1.26. The Kier molecular flexibility index (Phi) is 4.66. The number of likely N-dealkylation sites (N-methyl/N-ethyl adjacent to an activating group) is 1. The highest BCUT2D eigenvalue weighted by molar-refractivity contribution is 5.51. The van der Waals surface area contributed by atoms with Crippen LogP contribution in [0.2, 0.25) is 0 Å². The van der Waals surface area contributed by atoms with E-state index in [1.54, 1.807) is 0 Å². The summed E-state index contributed by atoms with van der Waals surface area (Å²) in [6.07, 6.45) is 0. The van der Waals surface area contributed by atoms with Gasteiger partial charge in [-0.3, -0.25) is 0 Å². The lowest BCUT2D eigenvalue weighted by atomic mass is 10.1. The summed E-state index contributed by atoms with van der Waals surface area (Å²) >= 11 is 0. The van der Waals surface area contributed by atoms with Crippen LogP contribution in [-0.2, 0) is 0 Å². The molecule has 1 heterocycles. The molecule has 0 saturated carbocycles. The molecule has 0 spiro atoms. The van der Waals surface area contributed by atoms with Crippen molar-refractivity contribution in [3.05, 3.63) is 24.3 Å². The average Bonchev–Trinajstić information content (AvgIpc) is 2.39. The zero-order chi connectivity index (χ0) is 13.8. The van der Waals surface area contributed by atoms with Gasteiger partial charge >= 0.3 is 0 Å². The van der Waals surface area contributed by atoms with Gasteiger partial charge in [-0.25, -0.2) is 0 Å². The topological polar surface area (TPSA) is 35.9 Å². The number of anilines is 1. The van der Waals surface area contributed by atoms with Gasteiger partial charge in [-0.2, -0.15) is 0 Å². The molecule has 2 unspecified atom stereocenters. The lowest BCUT2D eigenvalue weighted by Gasteiger charge is -2.45. The van der Waals surface area contributed by atoms with E-state index in [4.69, 9.17) is 4.74 Å². The van der Waals surface area contributed by atoms with Crippen molar-refractivity contribution < 1.29 is 9.84 Å². The Bertz CT molecular complexity index is 394. The van der Waals surface area contributed by atoms with Gasteiger partial charge in [0.05, 0.1) is 19.3 Å². The maximum absolute atomic E-state index is 9.60. The largest absolute Gasteiger partial charge is 0.494 e. The van der Waals surface area contributed by atoms with E-state index in [-0.39, 0.29) is 12.6 Å². The number of rotatable bonds is 4. The molecule has 4 heteroatoms. The summed E-state index contributed by atoms with van der Waals surface area (Å²) in [4.78, 5) is 4.59. The second-order valence-corrected chi connectivity index (χ2v) is 5.24. The lowest BCUT2D eigenvalue weighted by Crippen LogP contribution is -2.58. The Balaban J connectivity index is 2.17. The Labute approximate surface area is 115 Å². The monoisotopic (exact) mass is 264 g/mol. The van der Waals surface area contributed by atoms with Crippen LogP contribution in [-0.4, -0.2) is 55.4 Å². The fourth-order valence-corrected chi connectivity index (χ4v) is 2.91. The average molecular weight is 264 g/mol. The molecule has 0 amide bonds. The van der Waals surface area contributed by atoms with E-state index in [1.807, 2.05) is 19.1 Å². The van der Waals surface area contributed by atoms with E-state index < -0.39 is 0 Å². The number of aliphatic hydroxyl groups is 1. The van der Waals surface area contributed by atoms with Gasteiger partial charge in [0.25, 0.3) is 0 Å². The Morgan fingerprint density at radius 3 is 2.53 bits per heavy atom. The zero-order valence-corrected chi connectivity index (χ0v) is 12.0. The van der Waals surface area contributed by atoms with Crippen molar-refractivity contribution in [2.45, 2.75) is 25.9 Å². The molecule has 0 aliphatic carbocycles. The third-order valence-corrected chi connectivity index (χ3v) is 3.62. The molecule has 1 aromatic carbocycles. The fraction of sp³-hybridized carbons (Fsp3) is 0.600. The number of hydrogen-bond donors (Lipinski definition) is 1. The van der Waals surface area contributed by atoms with Crippen LogP contribution in [0, 0.1) is 0 Å². The number of nitrogens with zero attached hydrogens (tertiary/aromatic N) is 2. The highest BCUT2D eigenvalue weighted by atomic mass is 16.5. The molecule has 1 N–H and O–H groups in total. The second-order valence-electron chi connectivity index (χ2n) is 5.24. The minimum atomic E-state index is 0.159. The summed E-state index contributed by atoms with van der Waals surface area (Å²) in [5.74, 6) is 0.897. The maximum Gasteiger partial charge on any atom is 0.119 e. The standard InChI is InChI=1S/C15H24N2O2/c1-4-19-15-7-5-13(6-8-15)17-12(2)9-16(3)10-14(17)11-18/h5-8,12,14,18H,4,9-11H2,1-3H3. The summed E-state index contributed by atoms with van der Waals surface area (Å²) in [5.41, 5.74) is 1.16. The van der Waals surface area contributed by atoms with Crippen molar-refractivity contribution in [3.63, 3.8) is 0 Å². The molecule has 0 bridgehead atoms. The van der Waals surface area contributed by atoms with E-state index in [2.05, 4.69) is 35.9 Å². The van der Waals surface area contributed by atoms with E-state index in [9.17, 15) is 5.11 Å². The number of ether oxygens (including phenoxy) is 1. The number of hydrogen-bond acceptors (Lipinski definition) is 4. The number of benzene rings is 1. The molecule has 1 aliphatic rings. The minimum absolute atomic E-state index is 0.159. The SMILES string of the molecule is CCOc1ccc(N2C(C)CN(C)CC2CO)cc1. The van der Waals surface area contributed by atoms with Crippen LogP contribution in [0.15, 0.2) is 24.3 Å². The number of piperazine rings is 1. The normalized spacial score (nSPS) is 24.5. The fourth-order valence-electron chi connectivity index (χ4n) is 2.91. The van der Waals surface area contributed by atoms with Gasteiger partial charge in [0, 0.05) is 24.8 Å². The minimum Gasteiger partial charge on any atom is -0.494 e. The lowest BCUT2D eigenvalue weighted by molar-refractivity contribution is 0.171. The van der Waals surface area contributed by atoms with E-state index >= 15 is 0 Å². The van der Waals surface area contributed by atoms with Crippen LogP contribution in [0.4, 0.5) is 5.69 Å². The third kappa shape index (κ3) is 3.19. The molecule has 0 radical (unpaired) electrons. The van der Waals surface area contributed by atoms with Crippen molar-refractivity contribution in [1.29, 1.82) is 0 Å². The van der Waals surface area contributed by atoms with Crippen LogP contribution >= 0.6 is 0 Å². The number of aliphatic hydroxyl groups excluding tert-OH is 1. The summed E-state index contributed by atoms with van der Waals surface area (Å²) in [7, 11) is 2.11. The van der Waals surface area contributed by atoms with Crippen LogP contribution in [0.5, 0.6) is 5.75 Å². The Morgan fingerprint density at radius 1 is 1.26 bits per heavy atom. The molecule has 19 heavy (non-hydrogen) atoms. The summed E-state index contributed by atoms with van der Waals surface area (Å²) < 4.78 is 5.47. The van der Waals surface area contributed by atoms with Gasteiger partial charge in [0.2, 0.25) is 0 Å². The highest BCUT2D eigenvalue weighted by Gasteiger charge is 2.30. The van der Waals surface area contributed by atoms with Crippen molar-refractivity contribution in [2.24, 2.45) is 0 Å². The zero-order valence-electron chi connectivity index (χ0n) is 12.0. The van der Waals surface area contributed by atoms with Gasteiger partial charge in [0.15, 0.2) is 0 Å². The molecule has 1 aliphatic heterocycles. The van der Waals surface area contributed by atoms with Gasteiger partial charge in [-0.15, -0.1) is 0 Å². The predicted molar refractivity (Wildman–Crippen MR) is 77.9 cm³/mol. The Morgan fingerprint density at radius 2 is 1.95 bits per heavy atom. The second kappa shape index (κ2) is 6.26. The summed E-state index contributed by atoms with van der Waals surface area (Å²) in [5, 5.41) is 9.60. The summed E-state index contributed by atoms with van der Waals surface area (Å²) in [6.45, 7) is 6.97. The molecule has 106 valence electrons. The molecule has 2 rings (SSSR count). The van der Waals surface area contributed by atoms with Crippen LogP contribution < -0.4 is 9.64 Å². The van der Waals surface area contributed by atoms with Crippen LogP contribution in [0.25, 0.3) is 0 Å². The third-order valence-electron chi connectivity index (χ3n) is 3.62. The molecule has 1 aromatic rings. The first-order valence-corrected chi connectivity index (χ1v) is 6.96.